The van der Waals surface area contributed by atoms with Crippen LogP contribution >= 0.6 is 11.3 Å². The zero-order valence-corrected chi connectivity index (χ0v) is 19.6. The fourth-order valence-corrected chi connectivity index (χ4v) is 8.85. The third kappa shape index (κ3) is 3.37. The normalized spacial score (nSPS) is 32.7. The topological polar surface area (TPSA) is 70.6 Å². The molecule has 5 aliphatic rings. The lowest BCUT2D eigenvalue weighted by Gasteiger charge is -2.57. The molecule has 0 atom stereocenters. The maximum Gasteiger partial charge on any atom is 0.228 e. The first-order chi connectivity index (χ1) is 14.8. The summed E-state index contributed by atoms with van der Waals surface area (Å²) in [6.07, 6.45) is 8.68. The molecule has 4 saturated carbocycles. The smallest absolute Gasteiger partial charge is 0.228 e. The Morgan fingerprint density at radius 2 is 1.65 bits per heavy atom. The Kier molecular flexibility index (Phi) is 4.45. The van der Waals surface area contributed by atoms with Crippen molar-refractivity contribution >= 4 is 42.4 Å². The van der Waals surface area contributed by atoms with Crippen molar-refractivity contribution in [2.45, 2.75) is 43.4 Å². The van der Waals surface area contributed by atoms with Crippen molar-refractivity contribution in [3.8, 4) is 0 Å². The minimum atomic E-state index is -3.22. The van der Waals surface area contributed by atoms with Gasteiger partial charge in [-0.1, -0.05) is 11.3 Å². The second-order valence-corrected chi connectivity index (χ2v) is 13.4. The van der Waals surface area contributed by atoms with Crippen molar-refractivity contribution in [3.63, 3.8) is 0 Å². The van der Waals surface area contributed by atoms with Gasteiger partial charge < -0.3 is 9.80 Å². The number of thiazole rings is 1. The molecule has 1 aromatic carbocycles. The molecule has 6 nitrogen and oxygen atoms in total. The molecule has 2 aromatic rings. The average molecular weight is 460 g/mol. The van der Waals surface area contributed by atoms with Gasteiger partial charge in [0.05, 0.1) is 20.5 Å². The van der Waals surface area contributed by atoms with E-state index in [1.807, 2.05) is 0 Å². The zero-order valence-electron chi connectivity index (χ0n) is 17.9. The third-order valence-corrected chi connectivity index (χ3v) is 10.3. The highest BCUT2D eigenvalue weighted by Gasteiger charge is 2.55. The summed E-state index contributed by atoms with van der Waals surface area (Å²) in [5.41, 5.74) is 0.772. The Morgan fingerprint density at radius 3 is 2.23 bits per heavy atom. The Balaban J connectivity index is 1.16. The van der Waals surface area contributed by atoms with Crippen molar-refractivity contribution < 1.29 is 13.2 Å². The fourth-order valence-electron chi connectivity index (χ4n) is 7.07. The molecule has 5 fully saturated rings. The van der Waals surface area contributed by atoms with E-state index in [1.54, 1.807) is 18.2 Å². The Labute approximate surface area is 187 Å². The van der Waals surface area contributed by atoms with E-state index in [2.05, 4.69) is 9.80 Å². The summed E-state index contributed by atoms with van der Waals surface area (Å²) in [5.74, 6) is 2.79. The molecular weight excluding hydrogens is 430 g/mol. The van der Waals surface area contributed by atoms with Gasteiger partial charge in [0, 0.05) is 32.4 Å². The Bertz CT molecular complexity index is 1110. The first-order valence-electron chi connectivity index (χ1n) is 11.4. The number of piperazine rings is 1. The SMILES string of the molecule is CS(=O)(=O)c1ccc2nc(N3CCN(C(=O)C45CC6CC(CC(C6)C4)C5)CC3)sc2c1. The predicted molar refractivity (Wildman–Crippen MR) is 122 cm³/mol. The van der Waals surface area contributed by atoms with Crippen molar-refractivity contribution in [3.05, 3.63) is 18.2 Å². The molecule has 4 bridgehead atoms. The lowest BCUT2D eigenvalue weighted by Crippen LogP contribution is -2.58. The van der Waals surface area contributed by atoms with Crippen LogP contribution in [0.3, 0.4) is 0 Å². The second kappa shape index (κ2) is 6.91. The summed E-state index contributed by atoms with van der Waals surface area (Å²) in [6.45, 7) is 3.09. The first kappa shape index (κ1) is 20.0. The van der Waals surface area contributed by atoms with Crippen molar-refractivity contribution in [2.24, 2.45) is 23.2 Å². The predicted octanol–water partition coefficient (Wildman–Crippen LogP) is 3.56. The van der Waals surface area contributed by atoms with Crippen LogP contribution in [0.5, 0.6) is 0 Å². The molecule has 0 spiro atoms. The molecule has 0 N–H and O–H groups in total. The molecule has 2 heterocycles. The van der Waals surface area contributed by atoms with E-state index < -0.39 is 9.84 Å². The van der Waals surface area contributed by atoms with Crippen LogP contribution in [0.2, 0.25) is 0 Å². The summed E-state index contributed by atoms with van der Waals surface area (Å²) < 4.78 is 24.6. The monoisotopic (exact) mass is 459 g/mol. The van der Waals surface area contributed by atoms with Crippen LogP contribution < -0.4 is 4.90 Å². The van der Waals surface area contributed by atoms with E-state index in [0.29, 0.717) is 10.8 Å². The summed E-state index contributed by atoms with van der Waals surface area (Å²) in [4.78, 5) is 23.0. The van der Waals surface area contributed by atoms with E-state index in [4.69, 9.17) is 4.98 Å². The van der Waals surface area contributed by atoms with Crippen LogP contribution in [0.1, 0.15) is 38.5 Å². The number of nitrogens with zero attached hydrogens (tertiary/aromatic N) is 3. The van der Waals surface area contributed by atoms with Gasteiger partial charge in [0.1, 0.15) is 0 Å². The number of carbonyl (C=O) groups is 1. The lowest BCUT2D eigenvalue weighted by atomic mass is 9.49. The van der Waals surface area contributed by atoms with E-state index in [1.165, 1.54) is 36.9 Å². The van der Waals surface area contributed by atoms with Crippen molar-refractivity contribution in [1.29, 1.82) is 0 Å². The van der Waals surface area contributed by atoms with Gasteiger partial charge in [0.2, 0.25) is 5.91 Å². The van der Waals surface area contributed by atoms with Crippen LogP contribution in [-0.2, 0) is 14.6 Å². The van der Waals surface area contributed by atoms with Gasteiger partial charge in [-0.25, -0.2) is 13.4 Å². The first-order valence-corrected chi connectivity index (χ1v) is 14.1. The van der Waals surface area contributed by atoms with Crippen LogP contribution in [0, 0.1) is 23.2 Å². The summed E-state index contributed by atoms with van der Waals surface area (Å²) >= 11 is 1.54. The van der Waals surface area contributed by atoms with Gasteiger partial charge in [-0.05, 0) is 74.5 Å². The number of carbonyl (C=O) groups excluding carboxylic acids is 1. The van der Waals surface area contributed by atoms with Gasteiger partial charge in [-0.2, -0.15) is 0 Å². The molecule has 7 rings (SSSR count). The number of hydrogen-bond acceptors (Lipinski definition) is 6. The van der Waals surface area contributed by atoms with Crippen LogP contribution in [0.15, 0.2) is 23.1 Å². The largest absolute Gasteiger partial charge is 0.345 e. The van der Waals surface area contributed by atoms with Crippen LogP contribution in [-0.4, -0.2) is 56.6 Å². The van der Waals surface area contributed by atoms with E-state index in [9.17, 15) is 13.2 Å². The molecule has 0 unspecified atom stereocenters. The van der Waals surface area contributed by atoms with Gasteiger partial charge >= 0.3 is 0 Å². The number of aromatic nitrogens is 1. The molecule has 1 saturated heterocycles. The minimum absolute atomic E-state index is 0.0607. The molecule has 166 valence electrons. The average Bonchev–Trinajstić information content (AvgIpc) is 3.15. The van der Waals surface area contributed by atoms with E-state index >= 15 is 0 Å². The van der Waals surface area contributed by atoms with Gasteiger partial charge in [0.25, 0.3) is 0 Å². The maximum atomic E-state index is 13.6. The van der Waals surface area contributed by atoms with Gasteiger partial charge in [0.15, 0.2) is 15.0 Å². The van der Waals surface area contributed by atoms with Gasteiger partial charge in [-0.15, -0.1) is 0 Å². The molecular formula is C23H29N3O3S2. The highest BCUT2D eigenvalue weighted by atomic mass is 32.2. The van der Waals surface area contributed by atoms with Crippen molar-refractivity contribution in [2.75, 3.05) is 37.3 Å². The fraction of sp³-hybridized carbons (Fsp3) is 0.652. The number of rotatable bonds is 3. The third-order valence-electron chi connectivity index (χ3n) is 8.11. The van der Waals surface area contributed by atoms with Crippen molar-refractivity contribution in [1.82, 2.24) is 9.88 Å². The molecule has 1 amide bonds. The summed E-state index contributed by atoms with van der Waals surface area (Å²) in [6, 6.07) is 5.14. The van der Waals surface area contributed by atoms with Crippen LogP contribution in [0.25, 0.3) is 10.2 Å². The van der Waals surface area contributed by atoms with Crippen LogP contribution in [0.4, 0.5) is 5.13 Å². The zero-order chi connectivity index (χ0) is 21.4. The number of amides is 1. The molecule has 0 radical (unpaired) electrons. The number of benzene rings is 1. The summed E-state index contributed by atoms with van der Waals surface area (Å²) in [5, 5.41) is 0.919. The number of hydrogen-bond donors (Lipinski definition) is 0. The quantitative estimate of drug-likeness (QED) is 0.702. The van der Waals surface area contributed by atoms with E-state index in [0.717, 1.165) is 78.5 Å². The number of sulfone groups is 1. The highest BCUT2D eigenvalue weighted by Crippen LogP contribution is 2.60. The molecule has 4 aliphatic carbocycles. The van der Waals surface area contributed by atoms with E-state index in [-0.39, 0.29) is 5.41 Å². The van der Waals surface area contributed by atoms with Gasteiger partial charge in [-0.3, -0.25) is 4.79 Å². The molecule has 1 aromatic heterocycles. The lowest BCUT2D eigenvalue weighted by molar-refractivity contribution is -0.158. The molecule has 8 heteroatoms. The number of fused-ring (bicyclic) bond motifs is 1. The molecule has 1 aliphatic heterocycles. The minimum Gasteiger partial charge on any atom is -0.345 e. The number of anilines is 1. The Hall–Kier alpha value is -1.67. The Morgan fingerprint density at radius 1 is 1.03 bits per heavy atom. The standard InChI is InChI=1S/C23H29N3O3S2/c1-31(28,29)18-2-3-19-20(11-18)30-22(24-19)26-6-4-25(5-7-26)21(27)23-12-15-8-16(13-23)10-17(9-15)14-23/h2-3,11,15-17H,4-10,12-14H2,1H3. The molecule has 31 heavy (non-hydrogen) atoms. The summed E-state index contributed by atoms with van der Waals surface area (Å²) in [7, 11) is -3.22. The second-order valence-electron chi connectivity index (χ2n) is 10.4. The maximum absolute atomic E-state index is 13.6. The highest BCUT2D eigenvalue weighted by molar-refractivity contribution is 7.90.